The van der Waals surface area contributed by atoms with Crippen LogP contribution in [-0.4, -0.2) is 18.7 Å². The van der Waals surface area contributed by atoms with Crippen molar-refractivity contribution in [1.29, 1.82) is 0 Å². The van der Waals surface area contributed by atoms with Crippen LogP contribution in [0.15, 0.2) is 18.2 Å². The molecular formula is C14H21ClN2O2. The Balaban J connectivity index is 2.75. The van der Waals surface area contributed by atoms with Crippen LogP contribution in [0.1, 0.15) is 27.7 Å². The minimum absolute atomic E-state index is 0.0923. The Morgan fingerprint density at radius 3 is 2.63 bits per heavy atom. The summed E-state index contributed by atoms with van der Waals surface area (Å²) in [5, 5.41) is 6.18. The molecule has 2 N–H and O–H groups in total. The molecule has 4 nitrogen and oxygen atoms in total. The Hall–Kier alpha value is -1.42. The second-order valence-electron chi connectivity index (χ2n) is 4.70. The maximum Gasteiger partial charge on any atom is 0.319 e. The quantitative estimate of drug-likeness (QED) is 0.861. The second kappa shape index (κ2) is 7.24. The second-order valence-corrected chi connectivity index (χ2v) is 5.14. The van der Waals surface area contributed by atoms with Gasteiger partial charge in [-0.2, -0.15) is 0 Å². The van der Waals surface area contributed by atoms with E-state index in [0.717, 1.165) is 0 Å². The van der Waals surface area contributed by atoms with Crippen molar-refractivity contribution in [1.82, 2.24) is 5.32 Å². The topological polar surface area (TPSA) is 50.4 Å². The predicted molar refractivity (Wildman–Crippen MR) is 79.1 cm³/mol. The Labute approximate surface area is 119 Å². The fraction of sp³-hybridized carbons (Fsp3) is 0.500. The summed E-state index contributed by atoms with van der Waals surface area (Å²) >= 11 is 5.93. The largest absolute Gasteiger partial charge is 0.492 e. The molecule has 0 saturated heterocycles. The van der Waals surface area contributed by atoms with Gasteiger partial charge in [0.15, 0.2) is 0 Å². The van der Waals surface area contributed by atoms with E-state index in [2.05, 4.69) is 24.5 Å². The van der Waals surface area contributed by atoms with Crippen molar-refractivity contribution >= 4 is 23.3 Å². The molecule has 1 aromatic carbocycles. The maximum absolute atomic E-state index is 11.9. The van der Waals surface area contributed by atoms with Crippen LogP contribution in [0.2, 0.25) is 5.02 Å². The average molecular weight is 285 g/mol. The molecule has 1 atom stereocenters. The lowest BCUT2D eigenvalue weighted by Gasteiger charge is -2.18. The van der Waals surface area contributed by atoms with Gasteiger partial charge in [-0.3, -0.25) is 0 Å². The average Bonchev–Trinajstić information content (AvgIpc) is 2.32. The Kier molecular flexibility index (Phi) is 5.96. The van der Waals surface area contributed by atoms with E-state index in [1.54, 1.807) is 18.2 Å². The van der Waals surface area contributed by atoms with Gasteiger partial charge in [0.2, 0.25) is 0 Å². The summed E-state index contributed by atoms with van der Waals surface area (Å²) in [4.78, 5) is 11.9. The minimum atomic E-state index is -0.260. The van der Waals surface area contributed by atoms with Gasteiger partial charge in [-0.1, -0.05) is 25.4 Å². The van der Waals surface area contributed by atoms with Crippen LogP contribution < -0.4 is 15.4 Å². The van der Waals surface area contributed by atoms with E-state index in [1.165, 1.54) is 0 Å². The number of nitrogens with one attached hydrogen (secondary N) is 2. The molecular weight excluding hydrogens is 264 g/mol. The number of amides is 2. The molecule has 1 unspecified atom stereocenters. The van der Waals surface area contributed by atoms with Crippen LogP contribution in [-0.2, 0) is 0 Å². The van der Waals surface area contributed by atoms with Crippen molar-refractivity contribution < 1.29 is 9.53 Å². The van der Waals surface area contributed by atoms with E-state index >= 15 is 0 Å². The molecule has 0 bridgehead atoms. The van der Waals surface area contributed by atoms with Gasteiger partial charge >= 0.3 is 6.03 Å². The first-order valence-corrected chi connectivity index (χ1v) is 6.81. The number of ether oxygens (including phenoxy) is 1. The van der Waals surface area contributed by atoms with E-state index in [4.69, 9.17) is 16.3 Å². The first-order valence-electron chi connectivity index (χ1n) is 6.44. The van der Waals surface area contributed by atoms with E-state index in [0.29, 0.717) is 29.0 Å². The highest BCUT2D eigenvalue weighted by atomic mass is 35.5. The van der Waals surface area contributed by atoms with Gasteiger partial charge in [-0.05, 0) is 38.0 Å². The first-order chi connectivity index (χ1) is 8.93. The molecule has 1 aromatic rings. The highest BCUT2D eigenvalue weighted by Gasteiger charge is 2.13. The SMILES string of the molecule is CCOc1ccc(Cl)cc1NC(=O)NC(C)C(C)C. The van der Waals surface area contributed by atoms with Gasteiger partial charge in [-0.15, -0.1) is 0 Å². The number of hydrogen-bond donors (Lipinski definition) is 2. The van der Waals surface area contributed by atoms with Crippen molar-refractivity contribution in [3.8, 4) is 5.75 Å². The van der Waals surface area contributed by atoms with E-state index < -0.39 is 0 Å². The first kappa shape index (κ1) is 15.6. The third-order valence-electron chi connectivity index (χ3n) is 2.85. The number of urea groups is 1. The lowest BCUT2D eigenvalue weighted by Crippen LogP contribution is -2.39. The van der Waals surface area contributed by atoms with Crippen LogP contribution in [0, 0.1) is 5.92 Å². The van der Waals surface area contributed by atoms with Crippen molar-refractivity contribution in [2.24, 2.45) is 5.92 Å². The molecule has 0 fully saturated rings. The molecule has 0 spiro atoms. The van der Waals surface area contributed by atoms with Crippen molar-refractivity contribution in [2.75, 3.05) is 11.9 Å². The van der Waals surface area contributed by atoms with Gasteiger partial charge in [0, 0.05) is 11.1 Å². The number of hydrogen-bond acceptors (Lipinski definition) is 2. The van der Waals surface area contributed by atoms with E-state index in [9.17, 15) is 4.79 Å². The van der Waals surface area contributed by atoms with Gasteiger partial charge in [0.1, 0.15) is 5.75 Å². The number of carbonyl (C=O) groups excluding carboxylic acids is 1. The summed E-state index contributed by atoms with van der Waals surface area (Å²) in [6.07, 6.45) is 0. The molecule has 19 heavy (non-hydrogen) atoms. The zero-order chi connectivity index (χ0) is 14.4. The third kappa shape index (κ3) is 4.99. The lowest BCUT2D eigenvalue weighted by atomic mass is 10.1. The van der Waals surface area contributed by atoms with Crippen molar-refractivity contribution in [2.45, 2.75) is 33.7 Å². The molecule has 0 aliphatic carbocycles. The standard InChI is InChI=1S/C14H21ClN2O2/c1-5-19-13-7-6-11(15)8-12(13)17-14(18)16-10(4)9(2)3/h6-10H,5H2,1-4H3,(H2,16,17,18). The summed E-state index contributed by atoms with van der Waals surface area (Å²) in [6, 6.07) is 4.98. The van der Waals surface area contributed by atoms with E-state index in [-0.39, 0.29) is 12.1 Å². The summed E-state index contributed by atoms with van der Waals surface area (Å²) in [5.74, 6) is 0.982. The molecule has 0 heterocycles. The number of halogens is 1. The van der Waals surface area contributed by atoms with Crippen LogP contribution >= 0.6 is 11.6 Å². The van der Waals surface area contributed by atoms with Crippen molar-refractivity contribution in [3.63, 3.8) is 0 Å². The van der Waals surface area contributed by atoms with Gasteiger partial charge in [0.25, 0.3) is 0 Å². The monoisotopic (exact) mass is 284 g/mol. The fourth-order valence-electron chi connectivity index (χ4n) is 1.41. The molecule has 0 aromatic heterocycles. The predicted octanol–water partition coefficient (Wildman–Crippen LogP) is 3.90. The van der Waals surface area contributed by atoms with Crippen LogP contribution in [0.4, 0.5) is 10.5 Å². The van der Waals surface area contributed by atoms with Crippen LogP contribution in [0.25, 0.3) is 0 Å². The summed E-state index contributed by atoms with van der Waals surface area (Å²) < 4.78 is 5.44. The summed E-state index contributed by atoms with van der Waals surface area (Å²) in [6.45, 7) is 8.48. The molecule has 0 radical (unpaired) electrons. The van der Waals surface area contributed by atoms with Crippen molar-refractivity contribution in [3.05, 3.63) is 23.2 Å². The molecule has 0 saturated carbocycles. The molecule has 1 rings (SSSR count). The summed E-state index contributed by atoms with van der Waals surface area (Å²) in [7, 11) is 0. The van der Waals surface area contributed by atoms with Gasteiger partial charge < -0.3 is 15.4 Å². The zero-order valence-corrected chi connectivity index (χ0v) is 12.5. The van der Waals surface area contributed by atoms with Crippen LogP contribution in [0.3, 0.4) is 0 Å². The van der Waals surface area contributed by atoms with Gasteiger partial charge in [-0.25, -0.2) is 4.79 Å². The Morgan fingerprint density at radius 1 is 1.37 bits per heavy atom. The highest BCUT2D eigenvalue weighted by Crippen LogP contribution is 2.28. The molecule has 0 aliphatic rings. The third-order valence-corrected chi connectivity index (χ3v) is 3.08. The maximum atomic E-state index is 11.9. The normalized spacial score (nSPS) is 12.1. The highest BCUT2D eigenvalue weighted by molar-refractivity contribution is 6.31. The van der Waals surface area contributed by atoms with Gasteiger partial charge in [0.05, 0.1) is 12.3 Å². The molecule has 2 amide bonds. The fourth-order valence-corrected chi connectivity index (χ4v) is 1.59. The Bertz CT molecular complexity index is 435. The Morgan fingerprint density at radius 2 is 2.05 bits per heavy atom. The summed E-state index contributed by atoms with van der Waals surface area (Å²) in [5.41, 5.74) is 0.572. The number of benzene rings is 1. The smallest absolute Gasteiger partial charge is 0.319 e. The van der Waals surface area contributed by atoms with E-state index in [1.807, 2.05) is 13.8 Å². The molecule has 5 heteroatoms. The number of rotatable bonds is 5. The lowest BCUT2D eigenvalue weighted by molar-refractivity contribution is 0.245. The number of carbonyl (C=O) groups is 1. The zero-order valence-electron chi connectivity index (χ0n) is 11.8. The minimum Gasteiger partial charge on any atom is -0.492 e. The van der Waals surface area contributed by atoms with Crippen LogP contribution in [0.5, 0.6) is 5.75 Å². The number of anilines is 1. The molecule has 106 valence electrons. The molecule has 0 aliphatic heterocycles.